The average Bonchev–Trinajstić information content (AvgIpc) is 3.04. The number of halogens is 1. The van der Waals surface area contributed by atoms with Crippen molar-refractivity contribution in [3.05, 3.63) is 115 Å². The van der Waals surface area contributed by atoms with Crippen LogP contribution in [0, 0.1) is 17.7 Å². The molecule has 3 aromatic rings. The van der Waals surface area contributed by atoms with Crippen LogP contribution in [0.4, 0.5) is 10.1 Å². The maximum Gasteiger partial charge on any atom is 0.330 e. The Hall–Kier alpha value is -5.36. The third-order valence-corrected chi connectivity index (χ3v) is 5.98. The highest BCUT2D eigenvalue weighted by Crippen LogP contribution is 2.19. The van der Waals surface area contributed by atoms with E-state index in [0.29, 0.717) is 68.3 Å². The van der Waals surface area contributed by atoms with Crippen molar-refractivity contribution in [1.82, 2.24) is 0 Å². The van der Waals surface area contributed by atoms with Crippen LogP contribution in [0.1, 0.15) is 47.2 Å². The van der Waals surface area contributed by atoms with E-state index >= 15 is 0 Å². The highest BCUT2D eigenvalue weighted by Gasteiger charge is 2.10. The van der Waals surface area contributed by atoms with Crippen LogP contribution >= 0.6 is 0 Å². The van der Waals surface area contributed by atoms with E-state index < -0.39 is 23.7 Å². The van der Waals surface area contributed by atoms with Crippen molar-refractivity contribution in [1.29, 1.82) is 0 Å². The van der Waals surface area contributed by atoms with Gasteiger partial charge in [0.05, 0.1) is 32.1 Å². The zero-order chi connectivity index (χ0) is 31.6. The van der Waals surface area contributed by atoms with Gasteiger partial charge >= 0.3 is 11.9 Å². The van der Waals surface area contributed by atoms with Gasteiger partial charge in [0.15, 0.2) is 0 Å². The van der Waals surface area contributed by atoms with Crippen LogP contribution in [0.2, 0.25) is 0 Å². The molecule has 44 heavy (non-hydrogen) atoms. The molecule has 0 saturated carbocycles. The van der Waals surface area contributed by atoms with Crippen LogP contribution in [0.5, 0.6) is 11.5 Å². The Balaban J connectivity index is 1.42. The Morgan fingerprint density at radius 1 is 0.682 bits per heavy atom. The van der Waals surface area contributed by atoms with E-state index in [-0.39, 0.29) is 5.69 Å². The van der Waals surface area contributed by atoms with Gasteiger partial charge in [-0.25, -0.2) is 14.0 Å². The molecule has 0 aromatic heterocycles. The third-order valence-electron chi connectivity index (χ3n) is 5.98. The van der Waals surface area contributed by atoms with E-state index in [0.717, 1.165) is 24.1 Å². The van der Waals surface area contributed by atoms with E-state index in [1.807, 2.05) is 0 Å². The lowest BCUT2D eigenvalue weighted by atomic mass is 10.1. The van der Waals surface area contributed by atoms with Crippen molar-refractivity contribution >= 4 is 23.5 Å². The first-order valence-corrected chi connectivity index (χ1v) is 14.0. The normalized spacial score (nSPS) is 10.0. The lowest BCUT2D eigenvalue weighted by Crippen LogP contribution is -2.13. The second-order valence-corrected chi connectivity index (χ2v) is 9.30. The Bertz CT molecular complexity index is 1490. The molecule has 0 saturated heterocycles. The third kappa shape index (κ3) is 11.9. The van der Waals surface area contributed by atoms with Crippen molar-refractivity contribution in [2.75, 3.05) is 31.7 Å². The summed E-state index contributed by atoms with van der Waals surface area (Å²) in [7, 11) is 0. The molecule has 0 fully saturated rings. The molecule has 0 aliphatic carbocycles. The largest absolute Gasteiger partial charge is 0.494 e. The van der Waals surface area contributed by atoms with Gasteiger partial charge in [-0.2, -0.15) is 0 Å². The molecular weight excluding hydrogens is 565 g/mol. The predicted molar refractivity (Wildman–Crippen MR) is 165 cm³/mol. The molecule has 8 nitrogen and oxygen atoms in total. The first-order valence-electron chi connectivity index (χ1n) is 14.0. The number of hydrogen-bond acceptors (Lipinski definition) is 7. The highest BCUT2D eigenvalue weighted by molar-refractivity contribution is 6.04. The van der Waals surface area contributed by atoms with Gasteiger partial charge in [-0.15, -0.1) is 0 Å². The molecule has 3 rings (SSSR count). The number of unbranched alkanes of at least 4 members (excludes halogenated alkanes) is 2. The van der Waals surface area contributed by atoms with Crippen molar-refractivity contribution in [3.8, 4) is 23.3 Å². The summed E-state index contributed by atoms with van der Waals surface area (Å²) in [6.45, 7) is 8.21. The topological polar surface area (TPSA) is 100 Å². The minimum atomic E-state index is -0.605. The van der Waals surface area contributed by atoms with Gasteiger partial charge in [0, 0.05) is 28.8 Å². The molecule has 3 aromatic carbocycles. The molecule has 0 heterocycles. The molecule has 1 N–H and O–H groups in total. The maximum atomic E-state index is 14.7. The second-order valence-electron chi connectivity index (χ2n) is 9.30. The van der Waals surface area contributed by atoms with Gasteiger partial charge in [0.25, 0.3) is 5.91 Å². The van der Waals surface area contributed by atoms with Crippen molar-refractivity contribution < 1.29 is 37.7 Å². The maximum absolute atomic E-state index is 14.7. The number of anilines is 1. The Morgan fingerprint density at radius 3 is 1.68 bits per heavy atom. The fraction of sp³-hybridized carbons (Fsp3) is 0.229. The van der Waals surface area contributed by atoms with Crippen LogP contribution in [0.3, 0.4) is 0 Å². The standard InChI is InChI=1S/C35H34FNO7/c1-3-33(38)43-23-7-5-21-41-29-16-11-26(12-17-29)9-10-27-13-20-32(31(36)25-27)37-35(40)28-14-18-30(19-15-28)42-22-6-8-24-44-34(39)4-2/h3-4,11-20,25H,1-2,5-8,21-24H2,(H,37,40). The molecule has 0 bridgehead atoms. The van der Waals surface area contributed by atoms with E-state index in [2.05, 4.69) is 30.3 Å². The van der Waals surface area contributed by atoms with Crippen molar-refractivity contribution in [3.63, 3.8) is 0 Å². The molecule has 0 aliphatic rings. The van der Waals surface area contributed by atoms with Crippen LogP contribution in [-0.4, -0.2) is 44.3 Å². The Labute approximate surface area is 256 Å². The van der Waals surface area contributed by atoms with Gasteiger partial charge in [-0.3, -0.25) is 4.79 Å². The molecule has 0 unspecified atom stereocenters. The molecule has 228 valence electrons. The zero-order valence-corrected chi connectivity index (χ0v) is 24.3. The van der Waals surface area contributed by atoms with E-state index in [9.17, 15) is 18.8 Å². The van der Waals surface area contributed by atoms with Crippen molar-refractivity contribution in [2.45, 2.75) is 25.7 Å². The molecule has 9 heteroatoms. The molecule has 0 aliphatic heterocycles. The van der Waals surface area contributed by atoms with Gasteiger partial charge < -0.3 is 24.3 Å². The average molecular weight is 600 g/mol. The molecule has 1 amide bonds. The number of carbonyl (C=O) groups excluding carboxylic acids is 3. The van der Waals surface area contributed by atoms with Crippen LogP contribution in [0.25, 0.3) is 0 Å². The fourth-order valence-electron chi connectivity index (χ4n) is 3.62. The summed E-state index contributed by atoms with van der Waals surface area (Å²) in [4.78, 5) is 34.6. The van der Waals surface area contributed by atoms with Crippen LogP contribution in [-0.2, 0) is 19.1 Å². The summed E-state index contributed by atoms with van der Waals surface area (Å²) in [6, 6.07) is 18.1. The molecule has 0 atom stereocenters. The smallest absolute Gasteiger partial charge is 0.330 e. The first-order chi connectivity index (χ1) is 21.4. The number of rotatable bonds is 16. The van der Waals surface area contributed by atoms with E-state index in [4.69, 9.17) is 18.9 Å². The summed E-state index contributed by atoms with van der Waals surface area (Å²) >= 11 is 0. The van der Waals surface area contributed by atoms with Crippen molar-refractivity contribution in [2.24, 2.45) is 0 Å². The van der Waals surface area contributed by atoms with Gasteiger partial charge in [-0.1, -0.05) is 25.0 Å². The number of amides is 1. The van der Waals surface area contributed by atoms with E-state index in [1.165, 1.54) is 12.1 Å². The van der Waals surface area contributed by atoms with Crippen LogP contribution in [0.15, 0.2) is 92.0 Å². The van der Waals surface area contributed by atoms with Gasteiger partial charge in [0.1, 0.15) is 17.3 Å². The molecule has 0 radical (unpaired) electrons. The predicted octanol–water partition coefficient (Wildman–Crippen LogP) is 6.25. The number of hydrogen-bond donors (Lipinski definition) is 1. The second kappa shape index (κ2) is 18.2. The highest BCUT2D eigenvalue weighted by atomic mass is 19.1. The van der Waals surface area contributed by atoms with Gasteiger partial charge in [0.2, 0.25) is 0 Å². The number of carbonyl (C=O) groups is 3. The fourth-order valence-corrected chi connectivity index (χ4v) is 3.62. The van der Waals surface area contributed by atoms with Gasteiger partial charge in [-0.05, 0) is 92.4 Å². The summed E-state index contributed by atoms with van der Waals surface area (Å²) in [6.07, 6.45) is 5.01. The number of nitrogens with one attached hydrogen (secondary N) is 1. The Kier molecular flexibility index (Phi) is 13.7. The number of benzene rings is 3. The lowest BCUT2D eigenvalue weighted by Gasteiger charge is -2.09. The molecule has 0 spiro atoms. The minimum absolute atomic E-state index is 0.0402. The summed E-state index contributed by atoms with van der Waals surface area (Å²) in [5.41, 5.74) is 1.57. The molecular formula is C35H34FNO7. The zero-order valence-electron chi connectivity index (χ0n) is 24.3. The van der Waals surface area contributed by atoms with E-state index in [1.54, 1.807) is 54.6 Å². The Morgan fingerprint density at radius 2 is 1.16 bits per heavy atom. The lowest BCUT2D eigenvalue weighted by molar-refractivity contribution is -0.138. The summed E-state index contributed by atoms with van der Waals surface area (Å²) in [5.74, 6) is 5.23. The summed E-state index contributed by atoms with van der Waals surface area (Å²) < 4.78 is 35.9. The summed E-state index contributed by atoms with van der Waals surface area (Å²) in [5, 5.41) is 2.58. The van der Waals surface area contributed by atoms with Crippen LogP contribution < -0.4 is 14.8 Å². The minimum Gasteiger partial charge on any atom is -0.494 e. The monoisotopic (exact) mass is 599 g/mol. The SMILES string of the molecule is C=CC(=O)OCCCCOc1ccc(C#Cc2ccc(NC(=O)c3ccc(OCCCCOC(=O)C=C)cc3)c(F)c2)cc1. The number of ether oxygens (including phenoxy) is 4. The number of esters is 2. The quantitative estimate of drug-likeness (QED) is 0.0899. The first kappa shape index (κ1) is 33.1.